The molecule has 3 aliphatic heterocycles. The fourth-order valence-electron chi connectivity index (χ4n) is 4.93. The first-order valence-corrected chi connectivity index (χ1v) is 9.02. The van der Waals surface area contributed by atoms with Crippen molar-refractivity contribution < 1.29 is 14.6 Å². The molecule has 0 fully saturated rings. The summed E-state index contributed by atoms with van der Waals surface area (Å²) in [6, 6.07) is 8.57. The van der Waals surface area contributed by atoms with Crippen molar-refractivity contribution in [3.05, 3.63) is 47.2 Å². The Kier molecular flexibility index (Phi) is 3.30. The third kappa shape index (κ3) is 2.12. The highest BCUT2D eigenvalue weighted by Gasteiger charge is 2.40. The van der Waals surface area contributed by atoms with Crippen LogP contribution in [0.2, 0.25) is 0 Å². The molecule has 4 heterocycles. The molecule has 3 aliphatic rings. The van der Waals surface area contributed by atoms with Crippen LogP contribution in [-0.2, 0) is 16.0 Å². The number of para-hydroxylation sites is 1. The van der Waals surface area contributed by atoms with Crippen molar-refractivity contribution in [2.24, 2.45) is 5.92 Å². The van der Waals surface area contributed by atoms with Crippen LogP contribution in [0.5, 0.6) is 0 Å². The summed E-state index contributed by atoms with van der Waals surface area (Å²) in [5, 5.41) is 12.3. The number of rotatable bonds is 1. The summed E-state index contributed by atoms with van der Waals surface area (Å²) in [5.74, 6) is -0.186. The van der Waals surface area contributed by atoms with E-state index in [1.165, 1.54) is 16.6 Å². The molecular weight excluding hydrogens is 316 g/mol. The van der Waals surface area contributed by atoms with Crippen LogP contribution >= 0.6 is 0 Å². The maximum Gasteiger partial charge on any atom is 0.334 e. The minimum absolute atomic E-state index is 0.0297. The Morgan fingerprint density at radius 1 is 1.24 bits per heavy atom. The number of benzene rings is 1. The van der Waals surface area contributed by atoms with E-state index in [9.17, 15) is 9.90 Å². The van der Waals surface area contributed by atoms with E-state index in [2.05, 4.69) is 34.7 Å². The third-order valence-corrected chi connectivity index (χ3v) is 6.11. The quantitative estimate of drug-likeness (QED) is 0.812. The van der Waals surface area contributed by atoms with Crippen LogP contribution in [0.15, 0.2) is 35.9 Å². The standard InChI is InChI=1S/C20H22N2O3/c1-21-8-6-15-14-4-2-3-5-16(14)22-18(23)11-12(10-17(21)19(15)22)13-7-9-25-20(13)24/h2-5,7,12,17-18,23H,6,8-11H2,1H3/t12-,17+,18?/m1/s1. The lowest BCUT2D eigenvalue weighted by molar-refractivity contribution is -0.136. The van der Waals surface area contributed by atoms with Crippen LogP contribution < -0.4 is 0 Å². The molecule has 0 radical (unpaired) electrons. The number of carbonyl (C=O) groups excluding carboxylic acids is 1. The van der Waals surface area contributed by atoms with Gasteiger partial charge in [-0.25, -0.2) is 4.79 Å². The highest BCUT2D eigenvalue weighted by atomic mass is 16.5. The average Bonchev–Trinajstić information content (AvgIpc) is 3.13. The van der Waals surface area contributed by atoms with E-state index in [-0.39, 0.29) is 17.9 Å². The molecule has 130 valence electrons. The van der Waals surface area contributed by atoms with Gasteiger partial charge in [0.05, 0.1) is 11.6 Å². The Balaban J connectivity index is 1.69. The molecule has 0 bridgehead atoms. The van der Waals surface area contributed by atoms with Gasteiger partial charge in [0, 0.05) is 23.2 Å². The Labute approximate surface area is 146 Å². The van der Waals surface area contributed by atoms with Gasteiger partial charge in [-0.2, -0.15) is 0 Å². The summed E-state index contributed by atoms with van der Waals surface area (Å²) in [6.45, 7) is 1.36. The normalized spacial score (nSPS) is 29.3. The lowest BCUT2D eigenvalue weighted by atomic mass is 9.86. The molecule has 0 aliphatic carbocycles. The summed E-state index contributed by atoms with van der Waals surface area (Å²) in [7, 11) is 2.14. The maximum atomic E-state index is 12.1. The van der Waals surface area contributed by atoms with Gasteiger partial charge in [0.15, 0.2) is 0 Å². The van der Waals surface area contributed by atoms with Crippen molar-refractivity contribution >= 4 is 16.9 Å². The highest BCUT2D eigenvalue weighted by Crippen LogP contribution is 2.46. The number of cyclic esters (lactones) is 1. The second-order valence-electron chi connectivity index (χ2n) is 7.40. The minimum atomic E-state index is -0.621. The second kappa shape index (κ2) is 5.44. The number of aliphatic hydroxyl groups excluding tert-OH is 1. The minimum Gasteiger partial charge on any atom is -0.458 e. The first-order valence-electron chi connectivity index (χ1n) is 9.02. The van der Waals surface area contributed by atoms with Crippen LogP contribution in [0.3, 0.4) is 0 Å². The first-order chi connectivity index (χ1) is 12.1. The molecule has 0 spiro atoms. The predicted octanol–water partition coefficient (Wildman–Crippen LogP) is 2.55. The fraction of sp³-hybridized carbons (Fsp3) is 0.450. The fourth-order valence-corrected chi connectivity index (χ4v) is 4.93. The van der Waals surface area contributed by atoms with E-state index in [1.54, 1.807) is 0 Å². The monoisotopic (exact) mass is 338 g/mol. The largest absolute Gasteiger partial charge is 0.458 e. The number of nitrogens with zero attached hydrogens (tertiary/aromatic N) is 2. The lowest BCUT2D eigenvalue weighted by Gasteiger charge is -2.34. The number of ether oxygens (including phenoxy) is 1. The zero-order chi connectivity index (χ0) is 17.1. The first kappa shape index (κ1) is 15.2. The van der Waals surface area contributed by atoms with Gasteiger partial charge in [-0.15, -0.1) is 0 Å². The van der Waals surface area contributed by atoms with Crippen LogP contribution in [-0.4, -0.2) is 40.7 Å². The zero-order valence-corrected chi connectivity index (χ0v) is 14.3. The number of esters is 1. The van der Waals surface area contributed by atoms with Crippen molar-refractivity contribution in [3.8, 4) is 0 Å². The Hall–Kier alpha value is -2.11. The smallest absolute Gasteiger partial charge is 0.334 e. The van der Waals surface area contributed by atoms with Gasteiger partial charge in [0.2, 0.25) is 0 Å². The molecule has 3 atom stereocenters. The molecule has 2 aromatic rings. The van der Waals surface area contributed by atoms with Gasteiger partial charge in [0.1, 0.15) is 12.8 Å². The maximum absolute atomic E-state index is 12.1. The average molecular weight is 338 g/mol. The zero-order valence-electron chi connectivity index (χ0n) is 14.3. The van der Waals surface area contributed by atoms with Gasteiger partial charge >= 0.3 is 5.97 Å². The summed E-state index contributed by atoms with van der Waals surface area (Å²) >= 11 is 0. The number of aromatic nitrogens is 1. The summed E-state index contributed by atoms with van der Waals surface area (Å²) in [6.07, 6.45) is 3.67. The number of hydrogen-bond donors (Lipinski definition) is 1. The predicted molar refractivity (Wildman–Crippen MR) is 94.0 cm³/mol. The van der Waals surface area contributed by atoms with E-state index in [4.69, 9.17) is 4.74 Å². The number of fused-ring (bicyclic) bond motifs is 3. The molecule has 0 saturated heterocycles. The molecule has 0 amide bonds. The van der Waals surface area contributed by atoms with Crippen LogP contribution in [0, 0.1) is 5.92 Å². The van der Waals surface area contributed by atoms with Crippen molar-refractivity contribution in [1.82, 2.24) is 9.47 Å². The van der Waals surface area contributed by atoms with Crippen molar-refractivity contribution in [2.45, 2.75) is 31.5 Å². The van der Waals surface area contributed by atoms with Crippen LogP contribution in [0.25, 0.3) is 10.9 Å². The molecule has 1 aromatic heterocycles. The van der Waals surface area contributed by atoms with E-state index in [0.717, 1.165) is 30.5 Å². The number of aliphatic hydroxyl groups is 1. The molecule has 5 rings (SSSR count). The van der Waals surface area contributed by atoms with E-state index in [1.807, 2.05) is 12.1 Å². The van der Waals surface area contributed by atoms with Crippen molar-refractivity contribution in [2.75, 3.05) is 20.2 Å². The van der Waals surface area contributed by atoms with Gasteiger partial charge in [0.25, 0.3) is 0 Å². The van der Waals surface area contributed by atoms with Gasteiger partial charge < -0.3 is 14.4 Å². The molecule has 0 saturated carbocycles. The van der Waals surface area contributed by atoms with E-state index in [0.29, 0.717) is 13.0 Å². The Morgan fingerprint density at radius 2 is 2.08 bits per heavy atom. The highest BCUT2D eigenvalue weighted by molar-refractivity contribution is 5.91. The summed E-state index contributed by atoms with van der Waals surface area (Å²) in [5.41, 5.74) is 4.44. The molecular formula is C20H22N2O3. The van der Waals surface area contributed by atoms with Crippen molar-refractivity contribution in [3.63, 3.8) is 0 Å². The van der Waals surface area contributed by atoms with Gasteiger partial charge in [-0.05, 0) is 49.9 Å². The topological polar surface area (TPSA) is 54.7 Å². The van der Waals surface area contributed by atoms with Crippen LogP contribution in [0.4, 0.5) is 0 Å². The molecule has 1 unspecified atom stereocenters. The molecule has 5 nitrogen and oxygen atoms in total. The summed E-state index contributed by atoms with van der Waals surface area (Å²) in [4.78, 5) is 14.4. The number of carbonyl (C=O) groups is 1. The van der Waals surface area contributed by atoms with E-state index < -0.39 is 6.23 Å². The van der Waals surface area contributed by atoms with Gasteiger partial charge in [-0.1, -0.05) is 18.2 Å². The Bertz CT molecular complexity index is 898. The van der Waals surface area contributed by atoms with Crippen LogP contribution in [0.1, 0.15) is 36.4 Å². The second-order valence-corrected chi connectivity index (χ2v) is 7.40. The summed E-state index contributed by atoms with van der Waals surface area (Å²) < 4.78 is 7.24. The number of hydrogen-bond acceptors (Lipinski definition) is 4. The van der Waals surface area contributed by atoms with Gasteiger partial charge in [-0.3, -0.25) is 4.90 Å². The van der Waals surface area contributed by atoms with E-state index >= 15 is 0 Å². The number of likely N-dealkylation sites (N-methyl/N-ethyl adjacent to an activating group) is 1. The molecule has 1 aromatic carbocycles. The lowest BCUT2D eigenvalue weighted by Crippen LogP contribution is -2.33. The third-order valence-electron chi connectivity index (χ3n) is 6.11. The van der Waals surface area contributed by atoms with Crippen molar-refractivity contribution in [1.29, 1.82) is 0 Å². The Morgan fingerprint density at radius 3 is 2.88 bits per heavy atom. The molecule has 1 N–H and O–H groups in total. The SMILES string of the molecule is CN1CCc2c3n(c4ccccc24)C(O)C[C@H](C2=CCOC2=O)C[C@@H]31. The molecule has 5 heteroatoms. The molecule has 25 heavy (non-hydrogen) atoms.